The number of hydrogen-bond donors (Lipinski definition) is 3. The number of hydrogen-bond acceptors (Lipinski definition) is 7. The molecule has 0 spiro atoms. The van der Waals surface area contributed by atoms with Crippen molar-refractivity contribution in [1.29, 1.82) is 0 Å². The van der Waals surface area contributed by atoms with Gasteiger partial charge in [0.15, 0.2) is 0 Å². The van der Waals surface area contributed by atoms with Crippen molar-refractivity contribution in [3.05, 3.63) is 77.2 Å². The molecule has 0 radical (unpaired) electrons. The smallest absolute Gasteiger partial charge is 0.251 e. The molecule has 9 heteroatoms. The minimum absolute atomic E-state index is 0.00959. The van der Waals surface area contributed by atoms with Crippen LogP contribution >= 0.6 is 0 Å². The van der Waals surface area contributed by atoms with Gasteiger partial charge in [-0.05, 0) is 60.9 Å². The van der Waals surface area contributed by atoms with Crippen molar-refractivity contribution in [3.8, 4) is 11.1 Å². The Kier molecular flexibility index (Phi) is 9.26. The highest BCUT2D eigenvalue weighted by Crippen LogP contribution is 2.42. The van der Waals surface area contributed by atoms with Crippen LogP contribution in [-0.2, 0) is 22.7 Å². The summed E-state index contributed by atoms with van der Waals surface area (Å²) in [6, 6.07) is 17.1. The van der Waals surface area contributed by atoms with Crippen LogP contribution in [0.3, 0.4) is 0 Å². The lowest BCUT2D eigenvalue weighted by Gasteiger charge is -2.34. The van der Waals surface area contributed by atoms with Gasteiger partial charge in [0, 0.05) is 31.3 Å². The maximum atomic E-state index is 13.2. The van der Waals surface area contributed by atoms with E-state index in [2.05, 4.69) is 20.5 Å². The van der Waals surface area contributed by atoms with Crippen molar-refractivity contribution >= 4 is 17.6 Å². The van der Waals surface area contributed by atoms with Gasteiger partial charge in [0.25, 0.3) is 5.91 Å². The number of benzene rings is 2. The van der Waals surface area contributed by atoms with Gasteiger partial charge in [0.1, 0.15) is 17.7 Å². The third-order valence-electron chi connectivity index (χ3n) is 8.19. The summed E-state index contributed by atoms with van der Waals surface area (Å²) in [6.45, 7) is 3.07. The van der Waals surface area contributed by atoms with Crippen LogP contribution in [0.15, 0.2) is 54.6 Å². The summed E-state index contributed by atoms with van der Waals surface area (Å²) in [5.41, 5.74) is 4.14. The molecule has 3 N–H and O–H groups in total. The number of anilines is 1. The third-order valence-corrected chi connectivity index (χ3v) is 8.19. The van der Waals surface area contributed by atoms with E-state index in [0.29, 0.717) is 36.2 Å². The van der Waals surface area contributed by atoms with E-state index in [4.69, 9.17) is 9.72 Å². The third kappa shape index (κ3) is 6.74. The van der Waals surface area contributed by atoms with E-state index in [-0.39, 0.29) is 37.0 Å². The minimum Gasteiger partial charge on any atom is -0.392 e. The molecule has 1 saturated heterocycles. The molecular weight excluding hydrogens is 518 g/mol. The molecule has 3 atom stereocenters. The molecule has 9 nitrogen and oxygen atoms in total. The number of nitrogens with zero attached hydrogens (tertiary/aromatic N) is 3. The van der Waals surface area contributed by atoms with Crippen LogP contribution < -0.4 is 15.5 Å². The minimum atomic E-state index is -0.282. The number of rotatable bonds is 10. The normalized spacial score (nSPS) is 20.0. The number of aliphatic hydroxyl groups excluding tert-OH is 1. The largest absolute Gasteiger partial charge is 0.392 e. The van der Waals surface area contributed by atoms with E-state index in [1.54, 1.807) is 7.11 Å². The fourth-order valence-corrected chi connectivity index (χ4v) is 6.14. The molecule has 2 aromatic carbocycles. The van der Waals surface area contributed by atoms with Crippen LogP contribution in [0, 0.1) is 12.8 Å². The maximum Gasteiger partial charge on any atom is 0.251 e. The average molecular weight is 558 g/mol. The van der Waals surface area contributed by atoms with Crippen LogP contribution in [-0.4, -0.2) is 59.2 Å². The molecule has 1 aromatic heterocycles. The number of amides is 2. The molecule has 3 aromatic rings. The van der Waals surface area contributed by atoms with Crippen molar-refractivity contribution in [2.45, 2.75) is 64.3 Å². The van der Waals surface area contributed by atoms with Crippen molar-refractivity contribution < 1.29 is 19.4 Å². The maximum absolute atomic E-state index is 13.2. The van der Waals surface area contributed by atoms with Gasteiger partial charge < -0.3 is 25.4 Å². The highest BCUT2D eigenvalue weighted by Gasteiger charge is 2.45. The standard InChI is InChI=1S/C32H39N5O4/c1-21-35-27(19-34-31(39)25-13-11-24(12-14-25)23-9-7-22(20-38)8-10-23)18-30(36-21)37-28-6-4-3-5-26(28)17-29(37)32(40)33-15-16-41-2/h7-14,18,26,28-29,38H,3-6,15-17,19-20H2,1-2H3,(H,33,40)(H,34,39)/t26-,28-,29-/m0/s1. The lowest BCUT2D eigenvalue weighted by Crippen LogP contribution is -2.48. The summed E-state index contributed by atoms with van der Waals surface area (Å²) in [7, 11) is 1.63. The number of ether oxygens (including phenoxy) is 1. The Morgan fingerprint density at radius 3 is 2.41 bits per heavy atom. The molecule has 2 aliphatic rings. The van der Waals surface area contributed by atoms with Gasteiger partial charge in [-0.3, -0.25) is 9.59 Å². The molecule has 1 aliphatic heterocycles. The summed E-state index contributed by atoms with van der Waals surface area (Å²) in [5, 5.41) is 15.3. The Morgan fingerprint density at radius 1 is 1.00 bits per heavy atom. The first kappa shape index (κ1) is 28.7. The van der Waals surface area contributed by atoms with Crippen molar-refractivity contribution in [3.63, 3.8) is 0 Å². The fraction of sp³-hybridized carbons (Fsp3) is 0.438. The summed E-state index contributed by atoms with van der Waals surface area (Å²) < 4.78 is 5.11. The second kappa shape index (κ2) is 13.2. The van der Waals surface area contributed by atoms with Gasteiger partial charge in [-0.1, -0.05) is 49.2 Å². The first-order valence-corrected chi connectivity index (χ1v) is 14.4. The summed E-state index contributed by atoms with van der Waals surface area (Å²) >= 11 is 0. The summed E-state index contributed by atoms with van der Waals surface area (Å²) in [6.07, 6.45) is 5.34. The van der Waals surface area contributed by atoms with Gasteiger partial charge in [-0.2, -0.15) is 0 Å². The number of aromatic nitrogens is 2. The number of fused-ring (bicyclic) bond motifs is 1. The van der Waals surface area contributed by atoms with Crippen LogP contribution in [0.4, 0.5) is 5.82 Å². The second-order valence-electron chi connectivity index (χ2n) is 10.9. The van der Waals surface area contributed by atoms with Gasteiger partial charge in [-0.25, -0.2) is 9.97 Å². The number of carbonyl (C=O) groups is 2. The second-order valence-corrected chi connectivity index (χ2v) is 10.9. The zero-order chi connectivity index (χ0) is 28.8. The van der Waals surface area contributed by atoms with E-state index in [1.807, 2.05) is 61.5 Å². The van der Waals surface area contributed by atoms with Gasteiger partial charge in [-0.15, -0.1) is 0 Å². The monoisotopic (exact) mass is 557 g/mol. The molecule has 0 bridgehead atoms. The Hall–Kier alpha value is -3.82. The quantitative estimate of drug-likeness (QED) is 0.325. The Balaban J connectivity index is 1.28. The predicted molar refractivity (Wildman–Crippen MR) is 157 cm³/mol. The van der Waals surface area contributed by atoms with Crippen LogP contribution in [0.5, 0.6) is 0 Å². The van der Waals surface area contributed by atoms with Gasteiger partial charge in [0.2, 0.25) is 5.91 Å². The lowest BCUT2D eigenvalue weighted by atomic mass is 9.84. The molecule has 2 heterocycles. The first-order valence-electron chi connectivity index (χ1n) is 14.4. The highest BCUT2D eigenvalue weighted by molar-refractivity contribution is 5.94. The number of aliphatic hydroxyl groups is 1. The number of aryl methyl sites for hydroxylation is 1. The van der Waals surface area contributed by atoms with E-state index >= 15 is 0 Å². The number of nitrogens with one attached hydrogen (secondary N) is 2. The Labute approximate surface area is 241 Å². The van der Waals surface area contributed by atoms with Crippen LogP contribution in [0.2, 0.25) is 0 Å². The SMILES string of the molecule is COCCNC(=O)[C@@H]1C[C@@H]2CCCC[C@@H]2N1c1cc(CNC(=O)c2ccc(-c3ccc(CO)cc3)cc2)nc(C)n1. The highest BCUT2D eigenvalue weighted by atomic mass is 16.5. The number of carbonyl (C=O) groups excluding carboxylic acids is 2. The van der Waals surface area contributed by atoms with Crippen molar-refractivity contribution in [2.24, 2.45) is 5.92 Å². The summed E-state index contributed by atoms with van der Waals surface area (Å²) in [5.74, 6) is 1.65. The zero-order valence-corrected chi connectivity index (χ0v) is 23.8. The summed E-state index contributed by atoms with van der Waals surface area (Å²) in [4.78, 5) is 37.7. The zero-order valence-electron chi connectivity index (χ0n) is 23.8. The molecular formula is C32H39N5O4. The molecule has 1 saturated carbocycles. The molecule has 5 rings (SSSR count). The molecule has 41 heavy (non-hydrogen) atoms. The van der Waals surface area contributed by atoms with E-state index in [1.165, 1.54) is 6.42 Å². The lowest BCUT2D eigenvalue weighted by molar-refractivity contribution is -0.122. The van der Waals surface area contributed by atoms with Gasteiger partial charge >= 0.3 is 0 Å². The Bertz CT molecular complexity index is 1350. The molecule has 216 valence electrons. The van der Waals surface area contributed by atoms with E-state index in [9.17, 15) is 14.7 Å². The first-order chi connectivity index (χ1) is 20.0. The number of methoxy groups -OCH3 is 1. The molecule has 2 fully saturated rings. The average Bonchev–Trinajstić information content (AvgIpc) is 3.40. The molecule has 2 amide bonds. The van der Waals surface area contributed by atoms with Crippen LogP contribution in [0.1, 0.15) is 59.5 Å². The predicted octanol–water partition coefficient (Wildman–Crippen LogP) is 3.77. The molecule has 0 unspecified atom stereocenters. The van der Waals surface area contributed by atoms with Crippen molar-refractivity contribution in [1.82, 2.24) is 20.6 Å². The topological polar surface area (TPSA) is 117 Å². The molecule has 1 aliphatic carbocycles. The fourth-order valence-electron chi connectivity index (χ4n) is 6.14. The van der Waals surface area contributed by atoms with Crippen LogP contribution in [0.25, 0.3) is 11.1 Å². The van der Waals surface area contributed by atoms with E-state index < -0.39 is 0 Å². The van der Waals surface area contributed by atoms with Gasteiger partial charge in [0.05, 0.1) is 25.5 Å². The van der Waals surface area contributed by atoms with Crippen molar-refractivity contribution in [2.75, 3.05) is 25.2 Å². The van der Waals surface area contributed by atoms with E-state index in [0.717, 1.165) is 48.2 Å². The Morgan fingerprint density at radius 2 is 1.71 bits per heavy atom.